The highest BCUT2D eigenvalue weighted by Gasteiger charge is 2.04. The summed E-state index contributed by atoms with van der Waals surface area (Å²) in [6, 6.07) is 17.3. The van der Waals surface area contributed by atoms with E-state index in [1.807, 2.05) is 59.4 Å². The van der Waals surface area contributed by atoms with E-state index >= 15 is 0 Å². The Bertz CT molecular complexity index is 644. The molecule has 0 aliphatic rings. The minimum absolute atomic E-state index is 0.274. The van der Waals surface area contributed by atoms with E-state index < -0.39 is 0 Å². The van der Waals surface area contributed by atoms with Crippen LogP contribution in [0.25, 0.3) is 10.9 Å². The lowest BCUT2D eigenvalue weighted by molar-refractivity contribution is 0.479. The van der Waals surface area contributed by atoms with Crippen LogP contribution in [0.4, 0.5) is 5.69 Å². The topological polar surface area (TPSA) is 37.2 Å². The SMILES string of the molecule is Oc1cccc2ccn(Nc3ccccc3)c12. The van der Waals surface area contributed by atoms with Gasteiger partial charge in [0.15, 0.2) is 0 Å². The first-order chi connectivity index (χ1) is 8.34. The number of hydrogen-bond donors (Lipinski definition) is 2. The number of fused-ring (bicyclic) bond motifs is 1. The minimum Gasteiger partial charge on any atom is -0.506 e. The van der Waals surface area contributed by atoms with Crippen LogP contribution >= 0.6 is 0 Å². The van der Waals surface area contributed by atoms with Gasteiger partial charge in [-0.3, -0.25) is 10.1 Å². The molecule has 2 N–H and O–H groups in total. The second-order valence-electron chi connectivity index (χ2n) is 3.88. The van der Waals surface area contributed by atoms with Gasteiger partial charge in [-0.15, -0.1) is 0 Å². The number of nitrogens with one attached hydrogen (secondary N) is 1. The van der Waals surface area contributed by atoms with Gasteiger partial charge in [0.1, 0.15) is 11.3 Å². The van der Waals surface area contributed by atoms with Gasteiger partial charge in [0.05, 0.1) is 5.69 Å². The molecule has 0 spiro atoms. The normalized spacial score (nSPS) is 10.6. The zero-order chi connectivity index (χ0) is 11.7. The summed E-state index contributed by atoms with van der Waals surface area (Å²) in [4.78, 5) is 0. The summed E-state index contributed by atoms with van der Waals surface area (Å²) in [7, 11) is 0. The van der Waals surface area contributed by atoms with Crippen molar-refractivity contribution < 1.29 is 5.11 Å². The van der Waals surface area contributed by atoms with Crippen molar-refractivity contribution in [3.8, 4) is 5.75 Å². The van der Waals surface area contributed by atoms with Gasteiger partial charge in [-0.25, -0.2) is 0 Å². The van der Waals surface area contributed by atoms with Crippen LogP contribution in [0.1, 0.15) is 0 Å². The van der Waals surface area contributed by atoms with Crippen molar-refractivity contribution in [3.05, 3.63) is 60.8 Å². The zero-order valence-corrected chi connectivity index (χ0v) is 9.17. The number of phenols is 1. The third kappa shape index (κ3) is 1.72. The summed E-state index contributed by atoms with van der Waals surface area (Å²) in [5, 5.41) is 10.9. The summed E-state index contributed by atoms with van der Waals surface area (Å²) < 4.78 is 1.82. The molecule has 0 amide bonds. The summed E-state index contributed by atoms with van der Waals surface area (Å²) in [6.45, 7) is 0. The Morgan fingerprint density at radius 2 is 1.71 bits per heavy atom. The van der Waals surface area contributed by atoms with E-state index in [0.29, 0.717) is 0 Å². The largest absolute Gasteiger partial charge is 0.506 e. The molecule has 0 fully saturated rings. The third-order valence-electron chi connectivity index (χ3n) is 2.71. The highest BCUT2D eigenvalue weighted by atomic mass is 16.3. The van der Waals surface area contributed by atoms with Crippen LogP contribution in [0.15, 0.2) is 60.8 Å². The molecule has 0 bridgehead atoms. The molecule has 0 aliphatic heterocycles. The van der Waals surface area contributed by atoms with Gasteiger partial charge >= 0.3 is 0 Å². The molecule has 0 saturated heterocycles. The number of nitrogens with zero attached hydrogens (tertiary/aromatic N) is 1. The molecule has 3 aromatic rings. The first-order valence-corrected chi connectivity index (χ1v) is 5.46. The van der Waals surface area contributed by atoms with E-state index in [4.69, 9.17) is 0 Å². The second kappa shape index (κ2) is 3.87. The molecule has 2 aromatic carbocycles. The predicted octanol–water partition coefficient (Wildman–Crippen LogP) is 3.22. The first-order valence-electron chi connectivity index (χ1n) is 5.46. The Morgan fingerprint density at radius 1 is 0.882 bits per heavy atom. The Labute approximate surface area is 98.9 Å². The average molecular weight is 224 g/mol. The molecule has 3 heteroatoms. The summed E-state index contributed by atoms with van der Waals surface area (Å²) in [5.41, 5.74) is 4.99. The number of phenolic OH excluding ortho intramolecular Hbond substituents is 1. The van der Waals surface area contributed by atoms with Gasteiger partial charge in [-0.2, -0.15) is 0 Å². The molecule has 84 valence electrons. The van der Waals surface area contributed by atoms with Gasteiger partial charge < -0.3 is 5.11 Å². The lowest BCUT2D eigenvalue weighted by Gasteiger charge is -2.09. The molecule has 0 unspecified atom stereocenters. The van der Waals surface area contributed by atoms with Crippen LogP contribution in [0, 0.1) is 0 Å². The summed E-state index contributed by atoms with van der Waals surface area (Å²) in [5.74, 6) is 0.274. The van der Waals surface area contributed by atoms with Crippen molar-refractivity contribution in [1.82, 2.24) is 4.68 Å². The van der Waals surface area contributed by atoms with E-state index in [-0.39, 0.29) is 5.75 Å². The van der Waals surface area contributed by atoms with Crippen molar-refractivity contribution in [2.24, 2.45) is 0 Å². The lowest BCUT2D eigenvalue weighted by Crippen LogP contribution is -2.06. The van der Waals surface area contributed by atoms with Crippen molar-refractivity contribution in [1.29, 1.82) is 0 Å². The minimum atomic E-state index is 0.274. The van der Waals surface area contributed by atoms with E-state index in [1.54, 1.807) is 6.07 Å². The van der Waals surface area contributed by atoms with Gasteiger partial charge in [-0.1, -0.05) is 30.3 Å². The molecule has 0 aliphatic carbocycles. The Balaban J connectivity index is 2.07. The van der Waals surface area contributed by atoms with E-state index in [9.17, 15) is 5.11 Å². The molecule has 3 nitrogen and oxygen atoms in total. The quantitative estimate of drug-likeness (QED) is 0.701. The number of anilines is 1. The van der Waals surface area contributed by atoms with Crippen molar-refractivity contribution in [2.45, 2.75) is 0 Å². The monoisotopic (exact) mass is 224 g/mol. The van der Waals surface area contributed by atoms with E-state index in [1.165, 1.54) is 0 Å². The van der Waals surface area contributed by atoms with Crippen molar-refractivity contribution >= 4 is 16.6 Å². The van der Waals surface area contributed by atoms with Gasteiger partial charge in [0, 0.05) is 11.6 Å². The van der Waals surface area contributed by atoms with Crippen LogP contribution in [0.5, 0.6) is 5.75 Å². The van der Waals surface area contributed by atoms with Crippen LogP contribution in [0.3, 0.4) is 0 Å². The fraction of sp³-hybridized carbons (Fsp3) is 0. The first kappa shape index (κ1) is 9.78. The second-order valence-corrected chi connectivity index (χ2v) is 3.88. The fourth-order valence-electron chi connectivity index (χ4n) is 1.92. The van der Waals surface area contributed by atoms with Crippen LogP contribution in [-0.4, -0.2) is 9.78 Å². The summed E-state index contributed by atoms with van der Waals surface area (Å²) in [6.07, 6.45) is 1.90. The maximum atomic E-state index is 9.86. The van der Waals surface area contributed by atoms with E-state index in [2.05, 4.69) is 5.43 Å². The number of rotatable bonds is 2. The molecule has 1 aromatic heterocycles. The Hall–Kier alpha value is -2.42. The third-order valence-corrected chi connectivity index (χ3v) is 2.71. The molecule has 3 rings (SSSR count). The van der Waals surface area contributed by atoms with Crippen molar-refractivity contribution in [3.63, 3.8) is 0 Å². The smallest absolute Gasteiger partial charge is 0.141 e. The van der Waals surface area contributed by atoms with Crippen LogP contribution < -0.4 is 5.43 Å². The van der Waals surface area contributed by atoms with Gasteiger partial charge in [0.2, 0.25) is 0 Å². The van der Waals surface area contributed by atoms with Gasteiger partial charge in [0.25, 0.3) is 0 Å². The molecule has 0 saturated carbocycles. The Kier molecular flexibility index (Phi) is 2.22. The van der Waals surface area contributed by atoms with Crippen LogP contribution in [-0.2, 0) is 0 Å². The highest BCUT2D eigenvalue weighted by molar-refractivity contribution is 5.86. The molecular weight excluding hydrogens is 212 g/mol. The molecule has 0 atom stereocenters. The van der Waals surface area contributed by atoms with Crippen molar-refractivity contribution in [2.75, 3.05) is 5.43 Å². The van der Waals surface area contributed by atoms with Crippen LogP contribution in [0.2, 0.25) is 0 Å². The maximum Gasteiger partial charge on any atom is 0.141 e. The molecule has 17 heavy (non-hydrogen) atoms. The standard InChI is InChI=1S/C14H12N2O/c17-13-8-4-5-11-9-10-16(14(11)13)15-12-6-2-1-3-7-12/h1-10,15,17H. The highest BCUT2D eigenvalue weighted by Crippen LogP contribution is 2.25. The predicted molar refractivity (Wildman–Crippen MR) is 69.1 cm³/mol. The fourth-order valence-corrected chi connectivity index (χ4v) is 1.92. The lowest BCUT2D eigenvalue weighted by atomic mass is 10.2. The number of aromatic nitrogens is 1. The molecule has 0 radical (unpaired) electrons. The number of hydrogen-bond acceptors (Lipinski definition) is 2. The average Bonchev–Trinajstić information content (AvgIpc) is 2.75. The number of para-hydroxylation sites is 2. The van der Waals surface area contributed by atoms with E-state index in [0.717, 1.165) is 16.6 Å². The Morgan fingerprint density at radius 3 is 2.53 bits per heavy atom. The van der Waals surface area contributed by atoms with Gasteiger partial charge in [-0.05, 0) is 24.3 Å². The number of aromatic hydroxyl groups is 1. The zero-order valence-electron chi connectivity index (χ0n) is 9.17. The molecular formula is C14H12N2O. The summed E-state index contributed by atoms with van der Waals surface area (Å²) >= 11 is 0. The number of benzene rings is 2. The molecule has 1 heterocycles. The maximum absolute atomic E-state index is 9.86.